The van der Waals surface area contributed by atoms with Crippen molar-refractivity contribution in [3.8, 4) is 0 Å². The summed E-state index contributed by atoms with van der Waals surface area (Å²) < 4.78 is 0. The van der Waals surface area contributed by atoms with Gasteiger partial charge in [0.25, 0.3) is 0 Å². The maximum atomic E-state index is 10.8. The SMILES string of the molecule is Cc1cccc(CNC2(CC(=O)O)CNC2)n1. The zero-order chi connectivity index (χ0) is 12.3. The van der Waals surface area contributed by atoms with Gasteiger partial charge in [0.1, 0.15) is 0 Å². The Balaban J connectivity index is 1.94. The van der Waals surface area contributed by atoms with Gasteiger partial charge < -0.3 is 15.7 Å². The van der Waals surface area contributed by atoms with Gasteiger partial charge in [-0.3, -0.25) is 9.78 Å². The molecular formula is C12H17N3O2. The highest BCUT2D eigenvalue weighted by molar-refractivity contribution is 5.68. The molecule has 0 amide bonds. The lowest BCUT2D eigenvalue weighted by atomic mass is 9.88. The van der Waals surface area contributed by atoms with Gasteiger partial charge in [-0.05, 0) is 19.1 Å². The summed E-state index contributed by atoms with van der Waals surface area (Å²) >= 11 is 0. The minimum atomic E-state index is -0.767. The number of aromatic nitrogens is 1. The first-order valence-electron chi connectivity index (χ1n) is 5.70. The number of carboxylic acids is 1. The third kappa shape index (κ3) is 3.01. The largest absolute Gasteiger partial charge is 0.481 e. The lowest BCUT2D eigenvalue weighted by molar-refractivity contribution is -0.139. The van der Waals surface area contributed by atoms with E-state index in [2.05, 4.69) is 15.6 Å². The van der Waals surface area contributed by atoms with Crippen LogP contribution in [0.15, 0.2) is 18.2 Å². The average Bonchev–Trinajstić information content (AvgIpc) is 2.21. The van der Waals surface area contributed by atoms with Crippen LogP contribution >= 0.6 is 0 Å². The Hall–Kier alpha value is -1.46. The molecule has 0 aromatic carbocycles. The van der Waals surface area contributed by atoms with Crippen LogP contribution < -0.4 is 10.6 Å². The maximum absolute atomic E-state index is 10.8. The Bertz CT molecular complexity index is 416. The Kier molecular flexibility index (Phi) is 3.40. The summed E-state index contributed by atoms with van der Waals surface area (Å²) in [6.45, 7) is 3.95. The molecule has 1 aliphatic rings. The molecule has 0 bridgehead atoms. The Morgan fingerprint density at radius 3 is 2.88 bits per heavy atom. The normalized spacial score (nSPS) is 17.5. The van der Waals surface area contributed by atoms with Gasteiger partial charge in [-0.2, -0.15) is 0 Å². The second-order valence-electron chi connectivity index (χ2n) is 4.58. The summed E-state index contributed by atoms with van der Waals surface area (Å²) in [6.07, 6.45) is 0.145. The number of nitrogens with zero attached hydrogens (tertiary/aromatic N) is 1. The predicted octanol–water partition coefficient (Wildman–Crippen LogP) is 0.296. The summed E-state index contributed by atoms with van der Waals surface area (Å²) in [4.78, 5) is 15.2. The molecule has 0 unspecified atom stereocenters. The Morgan fingerprint density at radius 1 is 1.59 bits per heavy atom. The van der Waals surface area contributed by atoms with E-state index in [1.54, 1.807) is 0 Å². The van der Waals surface area contributed by atoms with Gasteiger partial charge in [-0.25, -0.2) is 0 Å². The third-order valence-electron chi connectivity index (χ3n) is 3.01. The first-order chi connectivity index (χ1) is 8.10. The minimum Gasteiger partial charge on any atom is -0.481 e. The number of nitrogens with one attached hydrogen (secondary N) is 2. The van der Waals surface area contributed by atoms with Crippen molar-refractivity contribution in [3.63, 3.8) is 0 Å². The van der Waals surface area contributed by atoms with Crippen LogP contribution in [0.3, 0.4) is 0 Å². The van der Waals surface area contributed by atoms with Crippen molar-refractivity contribution in [2.75, 3.05) is 13.1 Å². The van der Waals surface area contributed by atoms with Crippen molar-refractivity contribution in [2.24, 2.45) is 0 Å². The van der Waals surface area contributed by atoms with E-state index in [0.717, 1.165) is 11.4 Å². The lowest BCUT2D eigenvalue weighted by Gasteiger charge is -2.42. The zero-order valence-electron chi connectivity index (χ0n) is 9.86. The summed E-state index contributed by atoms with van der Waals surface area (Å²) in [6, 6.07) is 5.85. The highest BCUT2D eigenvalue weighted by Crippen LogP contribution is 2.16. The smallest absolute Gasteiger partial charge is 0.305 e. The van der Waals surface area contributed by atoms with E-state index in [1.165, 1.54) is 0 Å². The zero-order valence-corrected chi connectivity index (χ0v) is 9.86. The van der Waals surface area contributed by atoms with Crippen LogP contribution in [0.25, 0.3) is 0 Å². The Morgan fingerprint density at radius 2 is 2.35 bits per heavy atom. The van der Waals surface area contributed by atoms with Gasteiger partial charge in [0.15, 0.2) is 0 Å². The molecule has 3 N–H and O–H groups in total. The van der Waals surface area contributed by atoms with Crippen molar-refractivity contribution in [3.05, 3.63) is 29.6 Å². The number of carboxylic acid groups (broad SMARTS) is 1. The number of aliphatic carboxylic acids is 1. The highest BCUT2D eigenvalue weighted by atomic mass is 16.4. The predicted molar refractivity (Wildman–Crippen MR) is 63.7 cm³/mol. The molecule has 5 nitrogen and oxygen atoms in total. The van der Waals surface area contributed by atoms with E-state index >= 15 is 0 Å². The molecule has 1 aromatic rings. The van der Waals surface area contributed by atoms with Crippen LogP contribution in [-0.2, 0) is 11.3 Å². The van der Waals surface area contributed by atoms with Gasteiger partial charge in [-0.1, -0.05) is 6.07 Å². The molecule has 0 radical (unpaired) electrons. The number of rotatable bonds is 5. The molecule has 1 aromatic heterocycles. The van der Waals surface area contributed by atoms with Crippen molar-refractivity contribution >= 4 is 5.97 Å². The van der Waals surface area contributed by atoms with Crippen molar-refractivity contribution in [1.82, 2.24) is 15.6 Å². The van der Waals surface area contributed by atoms with E-state index in [4.69, 9.17) is 5.11 Å². The van der Waals surface area contributed by atoms with Crippen molar-refractivity contribution < 1.29 is 9.90 Å². The molecule has 2 rings (SSSR count). The fourth-order valence-electron chi connectivity index (χ4n) is 2.00. The maximum Gasteiger partial charge on any atom is 0.305 e. The monoisotopic (exact) mass is 235 g/mol. The fourth-order valence-corrected chi connectivity index (χ4v) is 2.00. The van der Waals surface area contributed by atoms with E-state index in [9.17, 15) is 4.79 Å². The first-order valence-corrected chi connectivity index (χ1v) is 5.70. The van der Waals surface area contributed by atoms with Crippen molar-refractivity contribution in [1.29, 1.82) is 0 Å². The molecule has 1 fully saturated rings. The van der Waals surface area contributed by atoms with Gasteiger partial charge in [0.2, 0.25) is 0 Å². The van der Waals surface area contributed by atoms with Crippen LogP contribution in [0.1, 0.15) is 17.8 Å². The molecule has 0 spiro atoms. The number of aryl methyl sites for hydroxylation is 1. The number of pyridine rings is 1. The van der Waals surface area contributed by atoms with Crippen LogP contribution in [0.4, 0.5) is 0 Å². The number of hydrogen-bond acceptors (Lipinski definition) is 4. The van der Waals surface area contributed by atoms with E-state index in [0.29, 0.717) is 19.6 Å². The van der Waals surface area contributed by atoms with E-state index in [-0.39, 0.29) is 12.0 Å². The molecule has 1 aliphatic heterocycles. The fraction of sp³-hybridized carbons (Fsp3) is 0.500. The molecule has 0 saturated carbocycles. The Labute approximate surface area is 100 Å². The van der Waals surface area contributed by atoms with Gasteiger partial charge >= 0.3 is 5.97 Å². The highest BCUT2D eigenvalue weighted by Gasteiger charge is 2.38. The van der Waals surface area contributed by atoms with Crippen LogP contribution in [0.5, 0.6) is 0 Å². The summed E-state index contributed by atoms with van der Waals surface area (Å²) in [5.74, 6) is -0.767. The molecule has 17 heavy (non-hydrogen) atoms. The molecule has 1 saturated heterocycles. The molecule has 2 heterocycles. The first kappa shape index (κ1) is 12.0. The molecular weight excluding hydrogens is 218 g/mol. The molecule has 5 heteroatoms. The third-order valence-corrected chi connectivity index (χ3v) is 3.01. The van der Waals surface area contributed by atoms with Crippen molar-refractivity contribution in [2.45, 2.75) is 25.4 Å². The summed E-state index contributed by atoms with van der Waals surface area (Å²) in [5, 5.41) is 15.3. The molecule has 0 aliphatic carbocycles. The number of carbonyl (C=O) groups is 1. The molecule has 0 atom stereocenters. The van der Waals surface area contributed by atoms with Crippen LogP contribution in [0, 0.1) is 6.92 Å². The quantitative estimate of drug-likeness (QED) is 0.684. The summed E-state index contributed by atoms with van der Waals surface area (Å²) in [5.41, 5.74) is 1.61. The van der Waals surface area contributed by atoms with Gasteiger partial charge in [0, 0.05) is 25.3 Å². The summed E-state index contributed by atoms with van der Waals surface area (Å²) in [7, 11) is 0. The minimum absolute atomic E-state index is 0.145. The second-order valence-corrected chi connectivity index (χ2v) is 4.58. The molecule has 92 valence electrons. The van der Waals surface area contributed by atoms with Gasteiger partial charge in [0.05, 0.1) is 17.7 Å². The topological polar surface area (TPSA) is 74.2 Å². The van der Waals surface area contributed by atoms with E-state index in [1.807, 2.05) is 25.1 Å². The average molecular weight is 235 g/mol. The number of hydrogen-bond donors (Lipinski definition) is 3. The van der Waals surface area contributed by atoms with Gasteiger partial charge in [-0.15, -0.1) is 0 Å². The van der Waals surface area contributed by atoms with Crippen LogP contribution in [-0.4, -0.2) is 34.7 Å². The lowest BCUT2D eigenvalue weighted by Crippen LogP contribution is -2.68. The standard InChI is InChI=1S/C12H17N3O2/c1-9-3-2-4-10(15-9)6-14-12(5-11(16)17)7-13-8-12/h2-4,13-14H,5-8H2,1H3,(H,16,17). The van der Waals surface area contributed by atoms with E-state index < -0.39 is 5.97 Å². The van der Waals surface area contributed by atoms with Crippen LogP contribution in [0.2, 0.25) is 0 Å². The second kappa shape index (κ2) is 4.81.